The molecule has 1 saturated heterocycles. The normalized spacial score (nSPS) is 17.3. The van der Waals surface area contributed by atoms with Gasteiger partial charge in [0, 0.05) is 31.2 Å². The first kappa shape index (κ1) is 18.6. The second-order valence-corrected chi connectivity index (χ2v) is 6.69. The molecule has 0 bridgehead atoms. The molecule has 24 heavy (non-hydrogen) atoms. The van der Waals surface area contributed by atoms with Crippen molar-refractivity contribution in [1.29, 1.82) is 0 Å². The van der Waals surface area contributed by atoms with Crippen molar-refractivity contribution in [2.45, 2.75) is 18.9 Å². The van der Waals surface area contributed by atoms with Crippen molar-refractivity contribution in [2.75, 3.05) is 31.6 Å². The van der Waals surface area contributed by atoms with Crippen molar-refractivity contribution < 1.29 is 9.59 Å². The van der Waals surface area contributed by atoms with Crippen LogP contribution in [0.2, 0.25) is 10.0 Å². The van der Waals surface area contributed by atoms with Gasteiger partial charge in [0.1, 0.15) is 0 Å². The molecule has 0 radical (unpaired) electrons. The first-order valence-electron chi connectivity index (χ1n) is 7.77. The standard InChI is InChI=1S/C17H21Cl2N3O2/c1-3-17(24)21(2)11-16(23)20-13-5-4-8-22(10-13)15-7-6-12(18)9-14(15)19/h3,6-7,9,13H,1,4-5,8,10-11H2,2H3,(H,20,23). The van der Waals surface area contributed by atoms with E-state index in [1.807, 2.05) is 6.07 Å². The summed E-state index contributed by atoms with van der Waals surface area (Å²) in [6.45, 7) is 4.98. The molecule has 0 aliphatic carbocycles. The van der Waals surface area contributed by atoms with Crippen molar-refractivity contribution in [3.8, 4) is 0 Å². The number of nitrogens with zero attached hydrogens (tertiary/aromatic N) is 2. The van der Waals surface area contributed by atoms with Gasteiger partial charge in [-0.05, 0) is 37.1 Å². The average Bonchev–Trinajstić information content (AvgIpc) is 2.54. The summed E-state index contributed by atoms with van der Waals surface area (Å²) in [4.78, 5) is 27.0. The number of nitrogens with one attached hydrogen (secondary N) is 1. The molecule has 0 spiro atoms. The number of carbonyl (C=O) groups excluding carboxylic acids is 2. The summed E-state index contributed by atoms with van der Waals surface area (Å²) in [6, 6.07) is 5.44. The van der Waals surface area contributed by atoms with Crippen LogP contribution in [-0.4, -0.2) is 49.4 Å². The van der Waals surface area contributed by atoms with Gasteiger partial charge in [0.2, 0.25) is 11.8 Å². The van der Waals surface area contributed by atoms with E-state index in [4.69, 9.17) is 23.2 Å². The summed E-state index contributed by atoms with van der Waals surface area (Å²) in [5.41, 5.74) is 0.916. The number of hydrogen-bond donors (Lipinski definition) is 1. The van der Waals surface area contributed by atoms with Crippen molar-refractivity contribution in [3.05, 3.63) is 40.9 Å². The smallest absolute Gasteiger partial charge is 0.246 e. The molecule has 0 saturated carbocycles. The molecule has 130 valence electrons. The zero-order valence-electron chi connectivity index (χ0n) is 13.6. The van der Waals surface area contributed by atoms with Gasteiger partial charge in [-0.25, -0.2) is 0 Å². The molecule has 1 aromatic carbocycles. The topological polar surface area (TPSA) is 52.7 Å². The number of anilines is 1. The van der Waals surface area contributed by atoms with Gasteiger partial charge >= 0.3 is 0 Å². The Labute approximate surface area is 152 Å². The summed E-state index contributed by atoms with van der Waals surface area (Å²) in [5.74, 6) is -0.454. The van der Waals surface area contributed by atoms with Crippen LogP contribution in [0.3, 0.4) is 0 Å². The number of hydrogen-bond acceptors (Lipinski definition) is 3. The number of rotatable bonds is 5. The first-order valence-corrected chi connectivity index (χ1v) is 8.53. The van der Waals surface area contributed by atoms with Crippen LogP contribution in [0, 0.1) is 0 Å². The molecular weight excluding hydrogens is 349 g/mol. The number of amides is 2. The van der Waals surface area contributed by atoms with Crippen LogP contribution < -0.4 is 10.2 Å². The lowest BCUT2D eigenvalue weighted by Gasteiger charge is -2.35. The van der Waals surface area contributed by atoms with E-state index in [2.05, 4.69) is 16.8 Å². The lowest BCUT2D eigenvalue weighted by Crippen LogP contribution is -2.50. The number of carbonyl (C=O) groups is 2. The summed E-state index contributed by atoms with van der Waals surface area (Å²) >= 11 is 12.2. The largest absolute Gasteiger partial charge is 0.368 e. The predicted octanol–water partition coefficient (Wildman–Crippen LogP) is 2.72. The van der Waals surface area contributed by atoms with E-state index in [-0.39, 0.29) is 24.4 Å². The molecule has 1 aliphatic heterocycles. The minimum atomic E-state index is -0.275. The van der Waals surface area contributed by atoms with E-state index in [0.29, 0.717) is 16.6 Å². The highest BCUT2D eigenvalue weighted by Gasteiger charge is 2.23. The Morgan fingerprint density at radius 1 is 1.46 bits per heavy atom. The molecule has 1 aliphatic rings. The highest BCUT2D eigenvalue weighted by molar-refractivity contribution is 6.36. The average molecular weight is 370 g/mol. The maximum Gasteiger partial charge on any atom is 0.246 e. The van der Waals surface area contributed by atoms with Crippen molar-refractivity contribution in [1.82, 2.24) is 10.2 Å². The highest BCUT2D eigenvalue weighted by atomic mass is 35.5. The monoisotopic (exact) mass is 369 g/mol. The molecule has 1 fully saturated rings. The lowest BCUT2D eigenvalue weighted by molar-refractivity contribution is -0.131. The molecule has 0 aromatic heterocycles. The third-order valence-electron chi connectivity index (χ3n) is 3.97. The highest BCUT2D eigenvalue weighted by Crippen LogP contribution is 2.30. The maximum atomic E-state index is 12.1. The van der Waals surface area contributed by atoms with E-state index in [0.717, 1.165) is 25.1 Å². The van der Waals surface area contributed by atoms with Gasteiger partial charge in [-0.3, -0.25) is 9.59 Å². The van der Waals surface area contributed by atoms with Crippen LogP contribution >= 0.6 is 23.2 Å². The van der Waals surface area contributed by atoms with E-state index in [1.54, 1.807) is 19.2 Å². The lowest BCUT2D eigenvalue weighted by atomic mass is 10.0. The third-order valence-corrected chi connectivity index (χ3v) is 4.51. The first-order chi connectivity index (χ1) is 11.4. The molecule has 1 atom stereocenters. The molecule has 7 heteroatoms. The molecular formula is C17H21Cl2N3O2. The van der Waals surface area contributed by atoms with Gasteiger partial charge in [-0.2, -0.15) is 0 Å². The number of likely N-dealkylation sites (N-methyl/N-ethyl adjacent to an activating group) is 1. The Balaban J connectivity index is 1.94. The predicted molar refractivity (Wildman–Crippen MR) is 97.7 cm³/mol. The van der Waals surface area contributed by atoms with Crippen LogP contribution in [-0.2, 0) is 9.59 Å². The Morgan fingerprint density at radius 2 is 2.21 bits per heavy atom. The molecule has 1 N–H and O–H groups in total. The van der Waals surface area contributed by atoms with Gasteiger partial charge in [-0.1, -0.05) is 29.8 Å². The summed E-state index contributed by atoms with van der Waals surface area (Å²) in [5, 5.41) is 4.18. The second kappa shape index (κ2) is 8.40. The van der Waals surface area contributed by atoms with E-state index in [9.17, 15) is 9.59 Å². The Kier molecular flexibility index (Phi) is 6.52. The van der Waals surface area contributed by atoms with Gasteiger partial charge < -0.3 is 15.1 Å². The minimum absolute atomic E-state index is 0.0169. The van der Waals surface area contributed by atoms with E-state index >= 15 is 0 Å². The fraction of sp³-hybridized carbons (Fsp3) is 0.412. The quantitative estimate of drug-likeness (QED) is 0.811. The zero-order valence-corrected chi connectivity index (χ0v) is 15.1. The zero-order chi connectivity index (χ0) is 17.7. The molecule has 1 aromatic rings. The van der Waals surface area contributed by atoms with Crippen molar-refractivity contribution in [2.24, 2.45) is 0 Å². The fourth-order valence-corrected chi connectivity index (χ4v) is 3.30. The van der Waals surface area contributed by atoms with Gasteiger partial charge in [0.25, 0.3) is 0 Å². The number of halogens is 2. The van der Waals surface area contributed by atoms with Crippen molar-refractivity contribution >= 4 is 40.7 Å². The third kappa shape index (κ3) is 4.89. The Hall–Kier alpha value is -1.72. The summed E-state index contributed by atoms with van der Waals surface area (Å²) in [6.07, 6.45) is 3.04. The van der Waals surface area contributed by atoms with Crippen LogP contribution in [0.15, 0.2) is 30.9 Å². The van der Waals surface area contributed by atoms with Gasteiger partial charge in [0.15, 0.2) is 0 Å². The Bertz CT molecular complexity index is 636. The Morgan fingerprint density at radius 3 is 2.88 bits per heavy atom. The van der Waals surface area contributed by atoms with Gasteiger partial charge in [0.05, 0.1) is 17.3 Å². The molecule has 2 rings (SSSR count). The fourth-order valence-electron chi connectivity index (χ4n) is 2.77. The number of piperidine rings is 1. The van der Waals surface area contributed by atoms with Crippen molar-refractivity contribution in [3.63, 3.8) is 0 Å². The summed E-state index contributed by atoms with van der Waals surface area (Å²) in [7, 11) is 1.57. The molecule has 1 unspecified atom stereocenters. The van der Waals surface area contributed by atoms with Crippen LogP contribution in [0.1, 0.15) is 12.8 Å². The summed E-state index contributed by atoms with van der Waals surface area (Å²) < 4.78 is 0. The molecule has 5 nitrogen and oxygen atoms in total. The molecule has 2 amide bonds. The minimum Gasteiger partial charge on any atom is -0.368 e. The van der Waals surface area contributed by atoms with Crippen LogP contribution in [0.25, 0.3) is 0 Å². The molecule has 1 heterocycles. The SMILES string of the molecule is C=CC(=O)N(C)CC(=O)NC1CCCN(c2ccc(Cl)cc2Cl)C1. The van der Waals surface area contributed by atoms with Crippen LogP contribution in [0.5, 0.6) is 0 Å². The van der Waals surface area contributed by atoms with E-state index in [1.165, 1.54) is 11.0 Å². The maximum absolute atomic E-state index is 12.1. The van der Waals surface area contributed by atoms with Crippen LogP contribution in [0.4, 0.5) is 5.69 Å². The number of benzene rings is 1. The second-order valence-electron chi connectivity index (χ2n) is 5.85. The van der Waals surface area contributed by atoms with Gasteiger partial charge in [-0.15, -0.1) is 0 Å². The van der Waals surface area contributed by atoms with E-state index < -0.39 is 0 Å².